The van der Waals surface area contributed by atoms with Crippen molar-refractivity contribution in [3.05, 3.63) is 27.9 Å². The van der Waals surface area contributed by atoms with Gasteiger partial charge in [-0.2, -0.15) is 0 Å². The minimum atomic E-state index is -1.01. The van der Waals surface area contributed by atoms with E-state index in [0.29, 0.717) is 6.42 Å². The highest BCUT2D eigenvalue weighted by Crippen LogP contribution is 2.40. The van der Waals surface area contributed by atoms with Crippen LogP contribution in [0.15, 0.2) is 12.1 Å². The van der Waals surface area contributed by atoms with Crippen LogP contribution in [-0.2, 0) is 4.79 Å². The zero-order valence-corrected chi connectivity index (χ0v) is 11.9. The minimum absolute atomic E-state index is 0.0733. The predicted molar refractivity (Wildman–Crippen MR) is 75.4 cm³/mol. The maximum Gasteiger partial charge on any atom is 0.326 e. The monoisotopic (exact) mass is 307 g/mol. The molecule has 1 aromatic heterocycles. The zero-order valence-electron chi connectivity index (χ0n) is 11.9. The van der Waals surface area contributed by atoms with Gasteiger partial charge in [-0.1, -0.05) is 12.8 Å². The molecule has 1 saturated carbocycles. The summed E-state index contributed by atoms with van der Waals surface area (Å²) < 4.78 is 0. The third-order valence-corrected chi connectivity index (χ3v) is 4.71. The lowest BCUT2D eigenvalue weighted by Crippen LogP contribution is -2.46. The number of H-pyrrole nitrogens is 1. The number of nitro groups is 1. The summed E-state index contributed by atoms with van der Waals surface area (Å²) in [7, 11) is 0. The van der Waals surface area contributed by atoms with Gasteiger partial charge in [0.05, 0.1) is 0 Å². The summed E-state index contributed by atoms with van der Waals surface area (Å²) >= 11 is 0. The van der Waals surface area contributed by atoms with Crippen LogP contribution >= 0.6 is 0 Å². The van der Waals surface area contributed by atoms with E-state index in [-0.39, 0.29) is 23.5 Å². The van der Waals surface area contributed by atoms with E-state index in [0.717, 1.165) is 25.7 Å². The number of aliphatic carboxylic acids is 1. The third kappa shape index (κ3) is 2.34. The largest absolute Gasteiger partial charge is 0.480 e. The zero-order chi connectivity index (χ0) is 15.9. The van der Waals surface area contributed by atoms with Crippen molar-refractivity contribution in [1.29, 1.82) is 0 Å². The molecular weight excluding hydrogens is 290 g/mol. The summed E-state index contributed by atoms with van der Waals surface area (Å²) in [6.45, 7) is 0. The van der Waals surface area contributed by atoms with Crippen molar-refractivity contribution < 1.29 is 19.6 Å². The Morgan fingerprint density at radius 3 is 2.68 bits per heavy atom. The van der Waals surface area contributed by atoms with Crippen LogP contribution in [0.1, 0.15) is 42.6 Å². The average Bonchev–Trinajstić information content (AvgIpc) is 3.11. The Morgan fingerprint density at radius 1 is 1.32 bits per heavy atom. The number of carboxylic acid groups (broad SMARTS) is 1. The average molecular weight is 307 g/mol. The van der Waals surface area contributed by atoms with E-state index in [2.05, 4.69) is 4.98 Å². The number of amides is 1. The van der Waals surface area contributed by atoms with Crippen LogP contribution in [-0.4, -0.2) is 43.9 Å². The number of hydrogen-bond acceptors (Lipinski definition) is 4. The quantitative estimate of drug-likeness (QED) is 0.652. The van der Waals surface area contributed by atoms with Crippen molar-refractivity contribution in [2.24, 2.45) is 5.92 Å². The molecule has 8 heteroatoms. The molecule has 2 fully saturated rings. The van der Waals surface area contributed by atoms with Crippen molar-refractivity contribution in [2.75, 3.05) is 0 Å². The van der Waals surface area contributed by atoms with Gasteiger partial charge < -0.3 is 20.1 Å². The first kappa shape index (κ1) is 14.6. The Labute approximate surface area is 126 Å². The molecule has 0 radical (unpaired) electrons. The van der Waals surface area contributed by atoms with Crippen LogP contribution in [0.5, 0.6) is 0 Å². The van der Waals surface area contributed by atoms with Gasteiger partial charge in [-0.3, -0.25) is 4.79 Å². The summed E-state index contributed by atoms with van der Waals surface area (Å²) in [5, 5.41) is 20.1. The Hall–Kier alpha value is -2.38. The van der Waals surface area contributed by atoms with Crippen LogP contribution in [0.2, 0.25) is 0 Å². The van der Waals surface area contributed by atoms with E-state index in [1.165, 1.54) is 17.0 Å². The molecule has 2 heterocycles. The summed E-state index contributed by atoms with van der Waals surface area (Å²) in [5.74, 6) is -1.53. The van der Waals surface area contributed by atoms with Gasteiger partial charge in [0.25, 0.3) is 5.91 Å². The number of carboxylic acids is 1. The van der Waals surface area contributed by atoms with Crippen molar-refractivity contribution in [1.82, 2.24) is 9.88 Å². The normalized spacial score (nSPS) is 27.5. The number of aromatic amines is 1. The highest BCUT2D eigenvalue weighted by Gasteiger charge is 2.48. The third-order valence-electron chi connectivity index (χ3n) is 4.71. The molecule has 1 amide bonds. The lowest BCUT2D eigenvalue weighted by molar-refractivity contribution is -0.389. The van der Waals surface area contributed by atoms with Crippen LogP contribution in [0.4, 0.5) is 5.82 Å². The molecule has 8 nitrogen and oxygen atoms in total. The minimum Gasteiger partial charge on any atom is -0.480 e. The van der Waals surface area contributed by atoms with Crippen LogP contribution < -0.4 is 0 Å². The van der Waals surface area contributed by atoms with Gasteiger partial charge in [0.15, 0.2) is 5.69 Å². The van der Waals surface area contributed by atoms with Crippen LogP contribution in [0.3, 0.4) is 0 Å². The maximum atomic E-state index is 12.7. The fraction of sp³-hybridized carbons (Fsp3) is 0.571. The predicted octanol–water partition coefficient (Wildman–Crippen LogP) is 1.78. The highest BCUT2D eigenvalue weighted by molar-refractivity contribution is 5.96. The van der Waals surface area contributed by atoms with Gasteiger partial charge in [0.1, 0.15) is 6.04 Å². The molecule has 1 aliphatic carbocycles. The lowest BCUT2D eigenvalue weighted by Gasteiger charge is -2.32. The molecule has 2 aliphatic rings. The molecule has 22 heavy (non-hydrogen) atoms. The smallest absolute Gasteiger partial charge is 0.326 e. The fourth-order valence-corrected chi connectivity index (χ4v) is 3.73. The van der Waals surface area contributed by atoms with Gasteiger partial charge in [0.2, 0.25) is 0 Å². The molecule has 1 saturated heterocycles. The van der Waals surface area contributed by atoms with E-state index in [1.807, 2.05) is 0 Å². The first-order valence-electron chi connectivity index (χ1n) is 7.38. The Kier molecular flexibility index (Phi) is 3.59. The summed E-state index contributed by atoms with van der Waals surface area (Å²) in [4.78, 5) is 38.1. The van der Waals surface area contributed by atoms with Crippen LogP contribution in [0, 0.1) is 16.0 Å². The molecule has 2 N–H and O–H groups in total. The lowest BCUT2D eigenvalue weighted by atomic mass is 9.84. The number of carbonyl (C=O) groups is 2. The van der Waals surface area contributed by atoms with Crippen LogP contribution in [0.25, 0.3) is 0 Å². The molecule has 3 rings (SSSR count). The number of nitrogens with zero attached hydrogens (tertiary/aromatic N) is 2. The standard InChI is InChI=1S/C14H17N3O5/c18-13(9-5-6-12(15-9)17(21)22)16-10-4-2-1-3-8(10)7-11(16)14(19)20/h5-6,8,10-11,15H,1-4,7H2,(H,19,20). The molecule has 0 spiro atoms. The van der Waals surface area contributed by atoms with E-state index >= 15 is 0 Å². The number of carbonyl (C=O) groups excluding carboxylic acids is 1. The molecule has 1 aliphatic heterocycles. The second-order valence-electron chi connectivity index (χ2n) is 5.93. The number of rotatable bonds is 3. The Bertz CT molecular complexity index is 626. The topological polar surface area (TPSA) is 117 Å². The second-order valence-corrected chi connectivity index (χ2v) is 5.93. The maximum absolute atomic E-state index is 12.7. The molecule has 3 unspecified atom stereocenters. The van der Waals surface area contributed by atoms with E-state index < -0.39 is 22.8 Å². The molecule has 3 atom stereocenters. The molecule has 118 valence electrons. The molecule has 0 aromatic carbocycles. The fourth-order valence-electron chi connectivity index (χ4n) is 3.73. The van der Waals surface area contributed by atoms with E-state index in [4.69, 9.17) is 0 Å². The first-order valence-corrected chi connectivity index (χ1v) is 7.38. The SMILES string of the molecule is O=C(O)C1CC2CCCCC2N1C(=O)c1ccc([N+](=O)[O-])[nH]1. The van der Waals surface area contributed by atoms with E-state index in [1.54, 1.807) is 0 Å². The van der Waals surface area contributed by atoms with Gasteiger partial charge in [-0.25, -0.2) is 9.78 Å². The summed E-state index contributed by atoms with van der Waals surface area (Å²) in [5.41, 5.74) is 0.0733. The Balaban J connectivity index is 1.89. The van der Waals surface area contributed by atoms with Gasteiger partial charge in [0, 0.05) is 12.1 Å². The number of likely N-dealkylation sites (tertiary alicyclic amines) is 1. The number of aromatic nitrogens is 1. The van der Waals surface area contributed by atoms with Crippen molar-refractivity contribution in [3.8, 4) is 0 Å². The van der Waals surface area contributed by atoms with E-state index in [9.17, 15) is 24.8 Å². The molecular formula is C14H17N3O5. The Morgan fingerprint density at radius 2 is 2.05 bits per heavy atom. The number of nitrogens with one attached hydrogen (secondary N) is 1. The number of fused-ring (bicyclic) bond motifs is 1. The van der Waals surface area contributed by atoms with Crippen molar-refractivity contribution in [3.63, 3.8) is 0 Å². The second kappa shape index (κ2) is 5.43. The van der Waals surface area contributed by atoms with Crippen molar-refractivity contribution >= 4 is 17.7 Å². The number of hydrogen-bond donors (Lipinski definition) is 2. The molecule has 1 aromatic rings. The summed E-state index contributed by atoms with van der Waals surface area (Å²) in [6, 6.07) is 1.64. The van der Waals surface area contributed by atoms with Gasteiger partial charge in [-0.15, -0.1) is 0 Å². The van der Waals surface area contributed by atoms with Gasteiger partial charge in [-0.05, 0) is 36.2 Å². The molecule has 0 bridgehead atoms. The first-order chi connectivity index (χ1) is 10.5. The summed E-state index contributed by atoms with van der Waals surface area (Å²) in [6.07, 6.45) is 4.23. The highest BCUT2D eigenvalue weighted by atomic mass is 16.6. The van der Waals surface area contributed by atoms with Crippen molar-refractivity contribution in [2.45, 2.75) is 44.2 Å². The van der Waals surface area contributed by atoms with Gasteiger partial charge >= 0.3 is 11.8 Å².